The fourth-order valence-corrected chi connectivity index (χ4v) is 12.5. The van der Waals surface area contributed by atoms with E-state index in [-0.39, 0.29) is 32.5 Å². The fraction of sp³-hybridized carbons (Fsp3) is 0.919. The zero-order valence-corrected chi connectivity index (χ0v) is 28.3. The molecule has 5 fully saturated rings. The third-order valence-electron chi connectivity index (χ3n) is 15.5. The SMILES string of the molecule is CC1(C)CC[C@]2(C[C@H](O)[C@H]3OC(CO)[C@@H](O)[C@H](O)C3O)CC[C@]3(C)C(=CCC4[C@@]5(C)CCC(=O)C(C)(C)C5CC[C@]43C)C2C1. The predicted molar refractivity (Wildman–Crippen MR) is 168 cm³/mol. The van der Waals surface area contributed by atoms with Crippen LogP contribution in [0.4, 0.5) is 0 Å². The molecule has 0 aromatic carbocycles. The molecule has 1 aliphatic heterocycles. The van der Waals surface area contributed by atoms with Gasteiger partial charge in [-0.2, -0.15) is 0 Å². The molecule has 0 radical (unpaired) electrons. The molecule has 5 aliphatic carbocycles. The van der Waals surface area contributed by atoms with Gasteiger partial charge in [0.2, 0.25) is 0 Å². The summed E-state index contributed by atoms with van der Waals surface area (Å²) in [5, 5.41) is 53.1. The van der Waals surface area contributed by atoms with Crippen molar-refractivity contribution < 1.29 is 35.1 Å². The molecule has 13 atom stereocenters. The smallest absolute Gasteiger partial charge is 0.138 e. The van der Waals surface area contributed by atoms with E-state index < -0.39 is 43.2 Å². The van der Waals surface area contributed by atoms with Gasteiger partial charge in [-0.15, -0.1) is 0 Å². The van der Waals surface area contributed by atoms with E-state index in [2.05, 4.69) is 54.5 Å². The Balaban J connectivity index is 1.34. The molecule has 0 spiro atoms. The zero-order valence-electron chi connectivity index (χ0n) is 28.3. The van der Waals surface area contributed by atoms with Crippen LogP contribution in [0.15, 0.2) is 11.6 Å². The molecule has 0 aromatic rings. The minimum absolute atomic E-state index is 0.0329. The van der Waals surface area contributed by atoms with Crippen molar-refractivity contribution in [1.82, 2.24) is 0 Å². The van der Waals surface area contributed by atoms with Crippen LogP contribution in [0.3, 0.4) is 0 Å². The molecular weight excluding hydrogens is 556 g/mol. The van der Waals surface area contributed by atoms with E-state index in [1.54, 1.807) is 5.57 Å². The highest BCUT2D eigenvalue weighted by Crippen LogP contribution is 2.76. The Morgan fingerprint density at radius 3 is 2.25 bits per heavy atom. The van der Waals surface area contributed by atoms with Crippen molar-refractivity contribution in [2.24, 2.45) is 50.2 Å². The van der Waals surface area contributed by atoms with Crippen LogP contribution >= 0.6 is 0 Å². The number of rotatable bonds is 4. The molecule has 7 heteroatoms. The summed E-state index contributed by atoms with van der Waals surface area (Å²) >= 11 is 0. The second-order valence-corrected chi connectivity index (χ2v) is 18.3. The van der Waals surface area contributed by atoms with Crippen LogP contribution in [-0.2, 0) is 9.53 Å². The van der Waals surface area contributed by atoms with Crippen LogP contribution in [0, 0.1) is 50.2 Å². The highest BCUT2D eigenvalue weighted by atomic mass is 16.6. The Morgan fingerprint density at radius 2 is 1.57 bits per heavy atom. The van der Waals surface area contributed by atoms with Gasteiger partial charge in [-0.25, -0.2) is 0 Å². The lowest BCUT2D eigenvalue weighted by atomic mass is 9.33. The van der Waals surface area contributed by atoms with Crippen molar-refractivity contribution in [2.45, 2.75) is 156 Å². The van der Waals surface area contributed by atoms with Gasteiger partial charge in [0.1, 0.15) is 36.3 Å². The summed E-state index contributed by atoms with van der Waals surface area (Å²) in [6, 6.07) is 0. The summed E-state index contributed by atoms with van der Waals surface area (Å²) in [6.07, 6.45) is 5.71. The van der Waals surface area contributed by atoms with Gasteiger partial charge in [0, 0.05) is 11.8 Å². The van der Waals surface area contributed by atoms with E-state index in [1.807, 2.05) is 0 Å². The van der Waals surface area contributed by atoms with Gasteiger partial charge in [-0.1, -0.05) is 60.1 Å². The molecule has 5 N–H and O–H groups in total. The Hall–Kier alpha value is -0.830. The number of Topliss-reactive ketones (excluding diaryl/α,β-unsaturated/α-hetero) is 1. The van der Waals surface area contributed by atoms with Gasteiger partial charge in [0.05, 0.1) is 12.7 Å². The van der Waals surface area contributed by atoms with Crippen LogP contribution in [0.5, 0.6) is 0 Å². The largest absolute Gasteiger partial charge is 0.394 e. The number of ketones is 1. The first-order valence-corrected chi connectivity index (χ1v) is 17.6. The molecule has 7 nitrogen and oxygen atoms in total. The number of hydrogen-bond acceptors (Lipinski definition) is 7. The molecule has 1 heterocycles. The van der Waals surface area contributed by atoms with Gasteiger partial charge >= 0.3 is 0 Å². The van der Waals surface area contributed by atoms with Crippen molar-refractivity contribution in [1.29, 1.82) is 0 Å². The molecule has 4 saturated carbocycles. The van der Waals surface area contributed by atoms with Crippen LogP contribution in [-0.4, -0.2) is 74.5 Å². The molecule has 44 heavy (non-hydrogen) atoms. The number of hydrogen-bond donors (Lipinski definition) is 5. The highest BCUT2D eigenvalue weighted by molar-refractivity contribution is 5.85. The van der Waals surface area contributed by atoms with Crippen molar-refractivity contribution in [2.75, 3.05) is 6.61 Å². The van der Waals surface area contributed by atoms with Crippen LogP contribution in [0.2, 0.25) is 0 Å². The number of carbonyl (C=O) groups excluding carboxylic acids is 1. The average Bonchev–Trinajstić information content (AvgIpc) is 2.95. The van der Waals surface area contributed by atoms with Crippen LogP contribution < -0.4 is 0 Å². The van der Waals surface area contributed by atoms with E-state index in [1.165, 1.54) is 0 Å². The molecule has 6 rings (SSSR count). The van der Waals surface area contributed by atoms with Crippen LogP contribution in [0.25, 0.3) is 0 Å². The second-order valence-electron chi connectivity index (χ2n) is 18.3. The van der Waals surface area contributed by atoms with Crippen molar-refractivity contribution in [3.05, 3.63) is 11.6 Å². The second kappa shape index (κ2) is 10.6. The van der Waals surface area contributed by atoms with E-state index in [0.29, 0.717) is 36.4 Å². The number of allylic oxidation sites excluding steroid dienone is 2. The first-order chi connectivity index (χ1) is 20.4. The maximum atomic E-state index is 13.1. The number of fused-ring (bicyclic) bond motifs is 7. The average molecular weight is 617 g/mol. The summed E-state index contributed by atoms with van der Waals surface area (Å²) in [5.74, 6) is 1.68. The van der Waals surface area contributed by atoms with Gasteiger partial charge < -0.3 is 30.3 Å². The summed E-state index contributed by atoms with van der Waals surface area (Å²) < 4.78 is 5.85. The van der Waals surface area contributed by atoms with Crippen molar-refractivity contribution in [3.63, 3.8) is 0 Å². The zero-order chi connectivity index (χ0) is 32.3. The summed E-state index contributed by atoms with van der Waals surface area (Å²) in [7, 11) is 0. The number of carbonyl (C=O) groups is 1. The first kappa shape index (κ1) is 33.1. The molecule has 0 amide bonds. The topological polar surface area (TPSA) is 127 Å². The number of aliphatic hydroxyl groups excluding tert-OH is 5. The van der Waals surface area contributed by atoms with Gasteiger partial charge in [-0.05, 0) is 109 Å². The normalized spacial score (nSPS) is 52.1. The van der Waals surface area contributed by atoms with E-state index >= 15 is 0 Å². The molecule has 250 valence electrons. The maximum absolute atomic E-state index is 13.1. The molecular formula is C37H60O7. The van der Waals surface area contributed by atoms with E-state index in [9.17, 15) is 30.3 Å². The minimum atomic E-state index is -1.48. The van der Waals surface area contributed by atoms with Crippen LogP contribution in [0.1, 0.15) is 119 Å². The monoisotopic (exact) mass is 616 g/mol. The van der Waals surface area contributed by atoms with E-state index in [0.717, 1.165) is 57.8 Å². The summed E-state index contributed by atoms with van der Waals surface area (Å²) in [4.78, 5) is 13.1. The van der Waals surface area contributed by atoms with Crippen molar-refractivity contribution >= 4 is 5.78 Å². The standard InChI is InChI=1S/C37H60O7/c1-32(2)14-16-37(19-23(39)31-30(43)29(42)28(41)24(20-38)44-31)17-15-35(6)21(22(37)18-32)8-9-26-34(5)12-11-27(40)33(3,4)25(34)10-13-36(26,35)7/h8,22-26,28-31,38-39,41-43H,9-20H2,1-7H3/t22?,23-,24?,25?,26?,28+,29-,30?,31+,34-,35+,36+,37+/m0/s1. The maximum Gasteiger partial charge on any atom is 0.138 e. The summed E-state index contributed by atoms with van der Waals surface area (Å²) in [5.41, 5.74) is 1.63. The Bertz CT molecular complexity index is 1180. The van der Waals surface area contributed by atoms with E-state index in [4.69, 9.17) is 4.74 Å². The van der Waals surface area contributed by atoms with Gasteiger partial charge in [0.25, 0.3) is 0 Å². The Kier molecular flexibility index (Phi) is 7.96. The minimum Gasteiger partial charge on any atom is -0.394 e. The molecule has 5 unspecified atom stereocenters. The Labute approximate surface area is 264 Å². The molecule has 1 saturated heterocycles. The number of aliphatic hydroxyl groups is 5. The first-order valence-electron chi connectivity index (χ1n) is 17.6. The Morgan fingerprint density at radius 1 is 0.886 bits per heavy atom. The van der Waals surface area contributed by atoms with Gasteiger partial charge in [-0.3, -0.25) is 4.79 Å². The third kappa shape index (κ3) is 4.52. The predicted octanol–water partition coefficient (Wildman–Crippen LogP) is 4.95. The summed E-state index contributed by atoms with van der Waals surface area (Å²) in [6.45, 7) is 16.3. The number of ether oxygens (including phenoxy) is 1. The molecule has 6 aliphatic rings. The lowest BCUT2D eigenvalue weighted by Crippen LogP contribution is -2.65. The quantitative estimate of drug-likeness (QED) is 0.283. The third-order valence-corrected chi connectivity index (χ3v) is 15.5. The lowest BCUT2D eigenvalue weighted by Gasteiger charge is -2.71. The highest BCUT2D eigenvalue weighted by Gasteiger charge is 2.68. The van der Waals surface area contributed by atoms with Gasteiger partial charge in [0.15, 0.2) is 0 Å². The molecule has 0 aromatic heterocycles. The lowest BCUT2D eigenvalue weighted by molar-refractivity contribution is -0.253. The van der Waals surface area contributed by atoms with Crippen molar-refractivity contribution in [3.8, 4) is 0 Å². The molecule has 0 bridgehead atoms. The fourth-order valence-electron chi connectivity index (χ4n) is 12.5.